The molecule has 0 radical (unpaired) electrons. The Kier molecular flexibility index (Phi) is 4.67. The molecule has 3 heteroatoms. The van der Waals surface area contributed by atoms with Gasteiger partial charge in [-0.3, -0.25) is 0 Å². The smallest absolute Gasteiger partial charge is 0.0484 e. The van der Waals surface area contributed by atoms with E-state index in [0.717, 1.165) is 0 Å². The second-order valence-corrected chi connectivity index (χ2v) is 2.29. The van der Waals surface area contributed by atoms with Crippen molar-refractivity contribution >= 4 is 0 Å². The molecule has 0 heterocycles. The van der Waals surface area contributed by atoms with Crippen LogP contribution in [-0.4, -0.2) is 35.1 Å². The van der Waals surface area contributed by atoms with Gasteiger partial charge in [0.15, 0.2) is 0 Å². The first-order chi connectivity index (χ1) is 4.26. The summed E-state index contributed by atoms with van der Waals surface area (Å²) < 4.78 is 0. The molecule has 0 aliphatic rings. The Morgan fingerprint density at radius 2 is 1.44 bits per heavy atom. The third-order valence-electron chi connectivity index (χ3n) is 1.56. The molecule has 0 aromatic heterocycles. The Morgan fingerprint density at radius 1 is 1.00 bits per heavy atom. The largest absolute Gasteiger partial charge is 0.396 e. The molecule has 0 aliphatic carbocycles. The summed E-state index contributed by atoms with van der Waals surface area (Å²) in [5.74, 6) is -0.185. The summed E-state index contributed by atoms with van der Waals surface area (Å²) in [4.78, 5) is 0. The average molecular weight is 134 g/mol. The van der Waals surface area contributed by atoms with E-state index < -0.39 is 0 Å². The van der Waals surface area contributed by atoms with E-state index in [9.17, 15) is 0 Å². The summed E-state index contributed by atoms with van der Waals surface area (Å²) in [6, 6.07) is 0. The molecule has 56 valence electrons. The number of rotatable bonds is 4. The molecule has 0 aliphatic heterocycles. The molecule has 0 aromatic rings. The van der Waals surface area contributed by atoms with Gasteiger partial charge in [0.05, 0.1) is 0 Å². The Balaban J connectivity index is 3.50. The fourth-order valence-electron chi connectivity index (χ4n) is 0.567. The standard InChI is InChI=1S/C6H14O3/c1-5(2-7)6(3-8)4-9/h5-9H,2-4H2,1H3. The topological polar surface area (TPSA) is 60.7 Å². The molecule has 1 atom stereocenters. The molecule has 0 rings (SSSR count). The summed E-state index contributed by atoms with van der Waals surface area (Å²) in [6.45, 7) is 1.69. The van der Waals surface area contributed by atoms with Gasteiger partial charge in [0, 0.05) is 25.7 Å². The van der Waals surface area contributed by atoms with Gasteiger partial charge in [0.1, 0.15) is 0 Å². The minimum Gasteiger partial charge on any atom is -0.396 e. The molecule has 0 saturated carbocycles. The Morgan fingerprint density at radius 3 is 1.56 bits per heavy atom. The fraction of sp³-hybridized carbons (Fsp3) is 1.00. The third-order valence-corrected chi connectivity index (χ3v) is 1.56. The first kappa shape index (κ1) is 8.88. The summed E-state index contributed by atoms with van der Waals surface area (Å²) in [5.41, 5.74) is 0. The normalized spacial score (nSPS) is 14.3. The van der Waals surface area contributed by atoms with Gasteiger partial charge < -0.3 is 15.3 Å². The molecule has 3 N–H and O–H groups in total. The van der Waals surface area contributed by atoms with Gasteiger partial charge in [-0.1, -0.05) is 6.92 Å². The summed E-state index contributed by atoms with van der Waals surface area (Å²) in [6.07, 6.45) is 0. The van der Waals surface area contributed by atoms with Crippen molar-refractivity contribution in [1.29, 1.82) is 0 Å². The highest BCUT2D eigenvalue weighted by atomic mass is 16.3. The second kappa shape index (κ2) is 4.73. The van der Waals surface area contributed by atoms with Crippen molar-refractivity contribution in [2.45, 2.75) is 6.92 Å². The predicted molar refractivity (Wildman–Crippen MR) is 33.9 cm³/mol. The van der Waals surface area contributed by atoms with E-state index in [2.05, 4.69) is 0 Å². The highest BCUT2D eigenvalue weighted by Crippen LogP contribution is 2.07. The Hall–Kier alpha value is -0.120. The van der Waals surface area contributed by atoms with Crippen molar-refractivity contribution in [2.75, 3.05) is 19.8 Å². The molecular weight excluding hydrogens is 120 g/mol. The van der Waals surface area contributed by atoms with Crippen LogP contribution in [0.1, 0.15) is 6.92 Å². The lowest BCUT2D eigenvalue weighted by Gasteiger charge is -2.16. The molecule has 9 heavy (non-hydrogen) atoms. The first-order valence-corrected chi connectivity index (χ1v) is 3.08. The lowest BCUT2D eigenvalue weighted by Crippen LogP contribution is -2.22. The van der Waals surface area contributed by atoms with E-state index in [-0.39, 0.29) is 31.7 Å². The van der Waals surface area contributed by atoms with Gasteiger partial charge in [-0.2, -0.15) is 0 Å². The van der Waals surface area contributed by atoms with Crippen LogP contribution in [0.5, 0.6) is 0 Å². The molecule has 0 amide bonds. The van der Waals surface area contributed by atoms with E-state index in [1.807, 2.05) is 0 Å². The third kappa shape index (κ3) is 2.79. The maximum absolute atomic E-state index is 8.56. The lowest BCUT2D eigenvalue weighted by molar-refractivity contribution is 0.0817. The van der Waals surface area contributed by atoms with E-state index in [0.29, 0.717) is 0 Å². The number of aliphatic hydroxyl groups excluding tert-OH is 3. The van der Waals surface area contributed by atoms with Crippen LogP contribution in [-0.2, 0) is 0 Å². The molecule has 0 spiro atoms. The highest BCUT2D eigenvalue weighted by molar-refractivity contribution is 4.62. The molecule has 0 bridgehead atoms. The maximum atomic E-state index is 8.56. The molecule has 3 nitrogen and oxygen atoms in total. The Labute approximate surface area is 54.9 Å². The molecular formula is C6H14O3. The van der Waals surface area contributed by atoms with E-state index >= 15 is 0 Å². The zero-order valence-electron chi connectivity index (χ0n) is 5.62. The van der Waals surface area contributed by atoms with Gasteiger partial charge in [-0.05, 0) is 5.92 Å². The van der Waals surface area contributed by atoms with Crippen LogP contribution in [0.25, 0.3) is 0 Å². The van der Waals surface area contributed by atoms with Crippen molar-refractivity contribution in [3.05, 3.63) is 0 Å². The number of hydrogen-bond donors (Lipinski definition) is 3. The van der Waals surface area contributed by atoms with Crippen LogP contribution >= 0.6 is 0 Å². The van der Waals surface area contributed by atoms with Gasteiger partial charge in [-0.15, -0.1) is 0 Å². The lowest BCUT2D eigenvalue weighted by atomic mass is 9.97. The average Bonchev–Trinajstić information content (AvgIpc) is 1.90. The van der Waals surface area contributed by atoms with E-state index in [1.54, 1.807) is 6.92 Å². The fourth-order valence-corrected chi connectivity index (χ4v) is 0.567. The van der Waals surface area contributed by atoms with Crippen LogP contribution in [0.15, 0.2) is 0 Å². The van der Waals surface area contributed by atoms with Gasteiger partial charge >= 0.3 is 0 Å². The van der Waals surface area contributed by atoms with Gasteiger partial charge in [0.2, 0.25) is 0 Å². The van der Waals surface area contributed by atoms with Crippen LogP contribution in [0.3, 0.4) is 0 Å². The monoisotopic (exact) mass is 134 g/mol. The van der Waals surface area contributed by atoms with Crippen LogP contribution in [0.2, 0.25) is 0 Å². The predicted octanol–water partition coefficient (Wildman–Crippen LogP) is -0.784. The van der Waals surface area contributed by atoms with Crippen molar-refractivity contribution in [3.8, 4) is 0 Å². The summed E-state index contributed by atoms with van der Waals surface area (Å²) >= 11 is 0. The molecule has 0 aromatic carbocycles. The summed E-state index contributed by atoms with van der Waals surface area (Å²) in [5, 5.41) is 25.7. The second-order valence-electron chi connectivity index (χ2n) is 2.29. The van der Waals surface area contributed by atoms with Crippen LogP contribution in [0, 0.1) is 11.8 Å². The van der Waals surface area contributed by atoms with E-state index in [4.69, 9.17) is 15.3 Å². The molecule has 0 saturated heterocycles. The van der Waals surface area contributed by atoms with E-state index in [1.165, 1.54) is 0 Å². The minimum atomic E-state index is -0.171. The number of aliphatic hydroxyl groups is 3. The quantitative estimate of drug-likeness (QED) is 0.472. The highest BCUT2D eigenvalue weighted by Gasteiger charge is 2.13. The first-order valence-electron chi connectivity index (χ1n) is 3.08. The van der Waals surface area contributed by atoms with Gasteiger partial charge in [0.25, 0.3) is 0 Å². The SMILES string of the molecule is CC(CO)C(CO)CO. The zero-order chi connectivity index (χ0) is 7.28. The van der Waals surface area contributed by atoms with Gasteiger partial charge in [-0.25, -0.2) is 0 Å². The van der Waals surface area contributed by atoms with Crippen molar-refractivity contribution < 1.29 is 15.3 Å². The molecule has 0 fully saturated rings. The Bertz CT molecular complexity index is 61.3. The summed E-state index contributed by atoms with van der Waals surface area (Å²) in [7, 11) is 0. The number of hydrogen-bond acceptors (Lipinski definition) is 3. The minimum absolute atomic E-state index is 0.0139. The van der Waals surface area contributed by atoms with Crippen LogP contribution in [0.4, 0.5) is 0 Å². The van der Waals surface area contributed by atoms with Crippen molar-refractivity contribution in [1.82, 2.24) is 0 Å². The van der Waals surface area contributed by atoms with Crippen molar-refractivity contribution in [2.24, 2.45) is 11.8 Å². The zero-order valence-corrected chi connectivity index (χ0v) is 5.62. The van der Waals surface area contributed by atoms with Crippen LogP contribution < -0.4 is 0 Å². The maximum Gasteiger partial charge on any atom is 0.0484 e. The molecule has 1 unspecified atom stereocenters. The van der Waals surface area contributed by atoms with Crippen molar-refractivity contribution in [3.63, 3.8) is 0 Å².